The first kappa shape index (κ1) is 9.46. The van der Waals surface area contributed by atoms with Gasteiger partial charge in [-0.15, -0.1) is 11.8 Å². The fourth-order valence-corrected chi connectivity index (χ4v) is 2.48. The van der Waals surface area contributed by atoms with Crippen LogP contribution in [0.25, 0.3) is 0 Å². The summed E-state index contributed by atoms with van der Waals surface area (Å²) in [6.07, 6.45) is 6.09. The molecule has 66 valence electrons. The molecule has 1 aliphatic rings. The molecule has 1 rings (SSSR count). The van der Waals surface area contributed by atoms with Crippen molar-refractivity contribution in [1.82, 2.24) is 4.90 Å². The van der Waals surface area contributed by atoms with Crippen molar-refractivity contribution in [3.63, 3.8) is 0 Å². The van der Waals surface area contributed by atoms with Gasteiger partial charge in [0, 0.05) is 29.9 Å². The fourth-order valence-electron chi connectivity index (χ4n) is 1.28. The van der Waals surface area contributed by atoms with E-state index in [-0.39, 0.29) is 0 Å². The minimum atomic E-state index is 1.14. The van der Waals surface area contributed by atoms with Crippen LogP contribution >= 0.6 is 11.8 Å². The van der Waals surface area contributed by atoms with Crippen LogP contribution in [0, 0.1) is 0 Å². The van der Waals surface area contributed by atoms with Crippen LogP contribution in [-0.2, 0) is 0 Å². The van der Waals surface area contributed by atoms with Gasteiger partial charge in [0.25, 0.3) is 0 Å². The first-order valence-corrected chi connectivity index (χ1v) is 5.11. The SMILES string of the molecule is C=C/C=C1/SCCN(C)/C1=C/C. The Morgan fingerprint density at radius 2 is 2.33 bits per heavy atom. The number of hydrogen-bond acceptors (Lipinski definition) is 2. The number of thioether (sulfide) groups is 1. The van der Waals surface area contributed by atoms with Gasteiger partial charge in [-0.05, 0) is 13.0 Å². The van der Waals surface area contributed by atoms with E-state index < -0.39 is 0 Å². The lowest BCUT2D eigenvalue weighted by Crippen LogP contribution is -2.25. The van der Waals surface area contributed by atoms with E-state index in [9.17, 15) is 0 Å². The molecule has 0 radical (unpaired) electrons. The summed E-state index contributed by atoms with van der Waals surface area (Å²) in [6.45, 7) is 6.93. The molecule has 0 unspecified atom stereocenters. The molecule has 0 saturated carbocycles. The van der Waals surface area contributed by atoms with Crippen molar-refractivity contribution in [3.8, 4) is 0 Å². The van der Waals surface area contributed by atoms with Gasteiger partial charge in [-0.1, -0.05) is 18.7 Å². The average Bonchev–Trinajstić information content (AvgIpc) is 2.05. The molecular formula is C10H15NS. The van der Waals surface area contributed by atoms with Crippen molar-refractivity contribution in [2.24, 2.45) is 0 Å². The van der Waals surface area contributed by atoms with Crippen LogP contribution in [0.15, 0.2) is 35.4 Å². The second-order valence-corrected chi connectivity index (χ2v) is 3.85. The van der Waals surface area contributed by atoms with Crippen LogP contribution in [0.1, 0.15) is 6.92 Å². The Hall–Kier alpha value is -0.630. The van der Waals surface area contributed by atoms with Crippen LogP contribution in [-0.4, -0.2) is 24.2 Å². The molecule has 2 heteroatoms. The Bertz CT molecular complexity index is 228. The standard InChI is InChI=1S/C10H15NS/c1-4-6-10-9(5-2)11(3)7-8-12-10/h4-6H,1,7-8H2,2-3H3/b9-5+,10-6+. The highest BCUT2D eigenvalue weighted by Gasteiger charge is 2.14. The van der Waals surface area contributed by atoms with E-state index in [1.807, 2.05) is 17.8 Å². The molecule has 0 aromatic heterocycles. The fraction of sp³-hybridized carbons (Fsp3) is 0.400. The Labute approximate surface area is 78.8 Å². The number of allylic oxidation sites excluding steroid dienone is 3. The average molecular weight is 181 g/mol. The summed E-state index contributed by atoms with van der Waals surface area (Å²) in [5.41, 5.74) is 1.33. The largest absolute Gasteiger partial charge is 0.373 e. The zero-order chi connectivity index (χ0) is 8.97. The summed E-state index contributed by atoms with van der Waals surface area (Å²) in [5, 5.41) is 0. The molecule has 0 amide bonds. The summed E-state index contributed by atoms with van der Waals surface area (Å²) in [6, 6.07) is 0. The highest BCUT2D eigenvalue weighted by atomic mass is 32.2. The number of hydrogen-bond donors (Lipinski definition) is 0. The Balaban J connectivity index is 2.85. The van der Waals surface area contributed by atoms with Gasteiger partial charge in [0.2, 0.25) is 0 Å². The zero-order valence-corrected chi connectivity index (χ0v) is 8.53. The van der Waals surface area contributed by atoms with E-state index in [4.69, 9.17) is 0 Å². The molecule has 0 bridgehead atoms. The van der Waals surface area contributed by atoms with Crippen LogP contribution < -0.4 is 0 Å². The summed E-state index contributed by atoms with van der Waals surface area (Å²) >= 11 is 1.90. The van der Waals surface area contributed by atoms with E-state index in [0.717, 1.165) is 6.54 Å². The maximum absolute atomic E-state index is 3.71. The van der Waals surface area contributed by atoms with E-state index in [2.05, 4.69) is 37.6 Å². The summed E-state index contributed by atoms with van der Waals surface area (Å²) < 4.78 is 0. The highest BCUT2D eigenvalue weighted by Crippen LogP contribution is 2.30. The van der Waals surface area contributed by atoms with Crippen LogP contribution in [0.3, 0.4) is 0 Å². The topological polar surface area (TPSA) is 3.24 Å². The smallest absolute Gasteiger partial charge is 0.0458 e. The molecule has 1 heterocycles. The molecule has 0 N–H and O–H groups in total. The van der Waals surface area contributed by atoms with Gasteiger partial charge in [-0.2, -0.15) is 0 Å². The lowest BCUT2D eigenvalue weighted by Gasteiger charge is -2.29. The van der Waals surface area contributed by atoms with Gasteiger partial charge in [0.1, 0.15) is 0 Å². The molecule has 0 aromatic carbocycles. The number of likely N-dealkylation sites (N-methyl/N-ethyl adjacent to an activating group) is 1. The Morgan fingerprint density at radius 1 is 1.58 bits per heavy atom. The van der Waals surface area contributed by atoms with Gasteiger partial charge < -0.3 is 4.90 Å². The normalized spacial score (nSPS) is 25.0. The maximum Gasteiger partial charge on any atom is 0.0458 e. The quantitative estimate of drug-likeness (QED) is 0.612. The molecule has 1 aliphatic heterocycles. The molecular weight excluding hydrogens is 166 g/mol. The van der Waals surface area contributed by atoms with Crippen molar-refractivity contribution in [2.45, 2.75) is 6.92 Å². The third-order valence-corrected chi connectivity index (χ3v) is 2.93. The second kappa shape index (κ2) is 4.41. The Morgan fingerprint density at radius 3 is 2.92 bits per heavy atom. The van der Waals surface area contributed by atoms with E-state index in [1.54, 1.807) is 0 Å². The monoisotopic (exact) mass is 181 g/mol. The summed E-state index contributed by atoms with van der Waals surface area (Å²) in [5.74, 6) is 1.17. The van der Waals surface area contributed by atoms with Gasteiger partial charge in [-0.25, -0.2) is 0 Å². The third kappa shape index (κ3) is 1.95. The maximum atomic E-state index is 3.71. The predicted molar refractivity (Wildman–Crippen MR) is 57.1 cm³/mol. The summed E-state index contributed by atoms with van der Waals surface area (Å²) in [4.78, 5) is 3.62. The molecule has 1 saturated heterocycles. The first-order valence-electron chi connectivity index (χ1n) is 4.13. The van der Waals surface area contributed by atoms with E-state index >= 15 is 0 Å². The van der Waals surface area contributed by atoms with Gasteiger partial charge in [0.05, 0.1) is 0 Å². The van der Waals surface area contributed by atoms with Crippen molar-refractivity contribution in [2.75, 3.05) is 19.3 Å². The number of rotatable bonds is 1. The Kier molecular flexibility index (Phi) is 3.48. The molecule has 0 aromatic rings. The van der Waals surface area contributed by atoms with Crippen LogP contribution in [0.2, 0.25) is 0 Å². The lowest BCUT2D eigenvalue weighted by atomic mass is 10.3. The first-order chi connectivity index (χ1) is 5.79. The molecule has 0 aliphatic carbocycles. The lowest BCUT2D eigenvalue weighted by molar-refractivity contribution is 0.451. The van der Waals surface area contributed by atoms with Crippen molar-refractivity contribution < 1.29 is 0 Å². The molecule has 1 fully saturated rings. The molecule has 0 atom stereocenters. The predicted octanol–water partition coefficient (Wildman–Crippen LogP) is 2.64. The molecule has 0 spiro atoms. The minimum Gasteiger partial charge on any atom is -0.373 e. The second-order valence-electron chi connectivity index (χ2n) is 2.71. The van der Waals surface area contributed by atoms with Gasteiger partial charge in [0.15, 0.2) is 0 Å². The minimum absolute atomic E-state index is 1.14. The highest BCUT2D eigenvalue weighted by molar-refractivity contribution is 8.03. The van der Waals surface area contributed by atoms with Crippen LogP contribution in [0.5, 0.6) is 0 Å². The van der Waals surface area contributed by atoms with Gasteiger partial charge >= 0.3 is 0 Å². The van der Waals surface area contributed by atoms with E-state index in [0.29, 0.717) is 0 Å². The molecule has 1 nitrogen and oxygen atoms in total. The number of nitrogens with zero attached hydrogens (tertiary/aromatic N) is 1. The van der Waals surface area contributed by atoms with Crippen molar-refractivity contribution >= 4 is 11.8 Å². The third-order valence-electron chi connectivity index (χ3n) is 1.89. The van der Waals surface area contributed by atoms with Crippen LogP contribution in [0.4, 0.5) is 0 Å². The van der Waals surface area contributed by atoms with Crippen molar-refractivity contribution in [3.05, 3.63) is 35.4 Å². The summed E-state index contributed by atoms with van der Waals surface area (Å²) in [7, 11) is 2.13. The van der Waals surface area contributed by atoms with E-state index in [1.165, 1.54) is 16.4 Å². The zero-order valence-electron chi connectivity index (χ0n) is 7.71. The van der Waals surface area contributed by atoms with Gasteiger partial charge in [-0.3, -0.25) is 0 Å². The van der Waals surface area contributed by atoms with Crippen molar-refractivity contribution in [1.29, 1.82) is 0 Å². The molecule has 12 heavy (non-hydrogen) atoms.